The monoisotopic (exact) mass is 479 g/mol. The summed E-state index contributed by atoms with van der Waals surface area (Å²) < 4.78 is 28.7. The minimum atomic E-state index is -3.72. The molecule has 6 nitrogen and oxygen atoms in total. The molecule has 1 heterocycles. The maximum absolute atomic E-state index is 13.5. The van der Waals surface area contributed by atoms with Crippen molar-refractivity contribution in [2.24, 2.45) is 5.92 Å². The van der Waals surface area contributed by atoms with Gasteiger partial charge in [-0.3, -0.25) is 4.79 Å². The van der Waals surface area contributed by atoms with Crippen LogP contribution in [0.1, 0.15) is 42.7 Å². The molecule has 0 atom stereocenters. The quantitative estimate of drug-likeness (QED) is 0.371. The van der Waals surface area contributed by atoms with Crippen molar-refractivity contribution in [3.8, 4) is 0 Å². The van der Waals surface area contributed by atoms with E-state index in [0.29, 0.717) is 25.2 Å². The highest BCUT2D eigenvalue weighted by molar-refractivity contribution is 7.90. The van der Waals surface area contributed by atoms with Crippen LogP contribution in [0.3, 0.4) is 0 Å². The molecule has 0 saturated carbocycles. The zero-order chi connectivity index (χ0) is 24.7. The van der Waals surface area contributed by atoms with Crippen LogP contribution in [0.5, 0.6) is 0 Å². The van der Waals surface area contributed by atoms with Crippen molar-refractivity contribution in [3.05, 3.63) is 95.8 Å². The molecule has 0 aliphatic carbocycles. The van der Waals surface area contributed by atoms with Crippen LogP contribution in [-0.4, -0.2) is 35.3 Å². The van der Waals surface area contributed by atoms with Crippen LogP contribution in [0.15, 0.2) is 78.6 Å². The van der Waals surface area contributed by atoms with Gasteiger partial charge in [-0.05, 0) is 29.5 Å². The maximum atomic E-state index is 13.5. The summed E-state index contributed by atoms with van der Waals surface area (Å²) in [5, 5.41) is 0.0180. The predicted molar refractivity (Wildman–Crippen MR) is 135 cm³/mol. The molecule has 0 saturated heterocycles. The van der Waals surface area contributed by atoms with E-state index in [9.17, 15) is 13.2 Å². The molecule has 0 radical (unpaired) electrons. The summed E-state index contributed by atoms with van der Waals surface area (Å²) >= 11 is 0. The highest BCUT2D eigenvalue weighted by atomic mass is 32.2. The zero-order valence-corrected chi connectivity index (χ0v) is 21.0. The van der Waals surface area contributed by atoms with Crippen molar-refractivity contribution in [1.82, 2.24) is 14.5 Å². The molecule has 1 aromatic heterocycles. The Hall–Kier alpha value is -3.19. The molecule has 34 heavy (non-hydrogen) atoms. The Morgan fingerprint density at radius 2 is 1.79 bits per heavy atom. The number of sulfone groups is 1. The number of carbonyl (C=O) groups is 1. The van der Waals surface area contributed by atoms with E-state index in [2.05, 4.69) is 11.6 Å². The molecular formula is C27H33N3O3S. The molecule has 2 aromatic carbocycles. The average Bonchev–Trinajstić information content (AvgIpc) is 3.18. The minimum absolute atomic E-state index is 0.00618. The Morgan fingerprint density at radius 3 is 2.44 bits per heavy atom. The molecule has 0 N–H and O–H groups in total. The molecule has 0 fully saturated rings. The average molecular weight is 480 g/mol. The largest absolute Gasteiger partial charge is 0.333 e. The van der Waals surface area contributed by atoms with Gasteiger partial charge in [-0.15, -0.1) is 6.58 Å². The molecule has 3 aromatic rings. The van der Waals surface area contributed by atoms with E-state index in [0.717, 1.165) is 16.7 Å². The molecule has 180 valence electrons. The van der Waals surface area contributed by atoms with Crippen molar-refractivity contribution in [3.63, 3.8) is 0 Å². The van der Waals surface area contributed by atoms with Crippen molar-refractivity contribution in [2.45, 2.75) is 51.2 Å². The van der Waals surface area contributed by atoms with Crippen molar-refractivity contribution >= 4 is 15.7 Å². The van der Waals surface area contributed by atoms with Gasteiger partial charge in [-0.1, -0.05) is 74.5 Å². The second kappa shape index (κ2) is 11.3. The second-order valence-electron chi connectivity index (χ2n) is 8.95. The number of hydrogen-bond donors (Lipinski definition) is 0. The van der Waals surface area contributed by atoms with Gasteiger partial charge in [0.05, 0.1) is 30.7 Å². The number of hydrogen-bond acceptors (Lipinski definition) is 4. The zero-order valence-electron chi connectivity index (χ0n) is 20.1. The Bertz CT molecular complexity index is 1230. The summed E-state index contributed by atoms with van der Waals surface area (Å²) in [5.74, 6) is 0.0962. The lowest BCUT2D eigenvalue weighted by Gasteiger charge is -2.23. The molecular weight excluding hydrogens is 446 g/mol. The summed E-state index contributed by atoms with van der Waals surface area (Å²) in [6.45, 7) is 10.7. The van der Waals surface area contributed by atoms with Gasteiger partial charge in [-0.2, -0.15) is 0 Å². The van der Waals surface area contributed by atoms with E-state index in [1.54, 1.807) is 21.7 Å². The first-order chi connectivity index (χ1) is 16.2. The number of aromatic nitrogens is 2. The number of carbonyl (C=O) groups excluding carboxylic acids is 1. The molecule has 0 aliphatic rings. The van der Waals surface area contributed by atoms with Gasteiger partial charge < -0.3 is 9.47 Å². The standard InChI is InChI=1S/C27H33N3O3S/c1-5-15-29(26(31)16-21(2)3)19-25-17-28-27(30(25)18-23-12-7-6-8-13-23)34(32,33)20-24-14-10-9-11-22(24)4/h5-14,17,21H,1,15-16,18-20H2,2-4H3. The molecule has 0 spiro atoms. The van der Waals surface area contributed by atoms with Crippen LogP contribution in [0, 0.1) is 12.8 Å². The third-order valence-electron chi connectivity index (χ3n) is 5.61. The topological polar surface area (TPSA) is 72.3 Å². The number of imidazole rings is 1. The van der Waals surface area contributed by atoms with Crippen LogP contribution >= 0.6 is 0 Å². The maximum Gasteiger partial charge on any atom is 0.228 e. The van der Waals surface area contributed by atoms with E-state index in [4.69, 9.17) is 0 Å². The van der Waals surface area contributed by atoms with Gasteiger partial charge in [0, 0.05) is 13.0 Å². The number of benzene rings is 2. The lowest BCUT2D eigenvalue weighted by atomic mass is 10.1. The van der Waals surface area contributed by atoms with E-state index in [1.165, 1.54) is 0 Å². The Morgan fingerprint density at radius 1 is 1.12 bits per heavy atom. The van der Waals surface area contributed by atoms with Crippen LogP contribution in [0.25, 0.3) is 0 Å². The Balaban J connectivity index is 2.01. The first-order valence-corrected chi connectivity index (χ1v) is 13.1. The third-order valence-corrected chi connectivity index (χ3v) is 7.18. The normalized spacial score (nSPS) is 11.5. The SMILES string of the molecule is C=CCN(Cc1cnc(S(=O)(=O)Cc2ccccc2C)n1Cc1ccccc1)C(=O)CC(C)C. The lowest BCUT2D eigenvalue weighted by Crippen LogP contribution is -2.32. The van der Waals surface area contributed by atoms with Crippen LogP contribution in [0.2, 0.25) is 0 Å². The van der Waals surface area contributed by atoms with Gasteiger partial charge in [0.25, 0.3) is 0 Å². The molecule has 1 amide bonds. The highest BCUT2D eigenvalue weighted by Gasteiger charge is 2.26. The highest BCUT2D eigenvalue weighted by Crippen LogP contribution is 2.22. The fourth-order valence-corrected chi connectivity index (χ4v) is 5.42. The van der Waals surface area contributed by atoms with Gasteiger partial charge in [0.2, 0.25) is 20.9 Å². The molecule has 0 aliphatic heterocycles. The summed E-state index contributed by atoms with van der Waals surface area (Å²) in [6, 6.07) is 17.1. The van der Waals surface area contributed by atoms with E-state index in [1.807, 2.05) is 75.4 Å². The number of rotatable bonds is 11. The van der Waals surface area contributed by atoms with E-state index >= 15 is 0 Å². The number of amides is 1. The summed E-state index contributed by atoms with van der Waals surface area (Å²) in [7, 11) is -3.72. The van der Waals surface area contributed by atoms with Gasteiger partial charge >= 0.3 is 0 Å². The fraction of sp³-hybridized carbons (Fsp3) is 0.333. The Labute approximate surface area is 202 Å². The van der Waals surface area contributed by atoms with Crippen molar-refractivity contribution < 1.29 is 13.2 Å². The predicted octanol–water partition coefficient (Wildman–Crippen LogP) is 4.77. The number of aryl methyl sites for hydroxylation is 1. The second-order valence-corrected chi connectivity index (χ2v) is 10.8. The summed E-state index contributed by atoms with van der Waals surface area (Å²) in [4.78, 5) is 18.9. The van der Waals surface area contributed by atoms with Gasteiger partial charge in [0.15, 0.2) is 0 Å². The first kappa shape index (κ1) is 25.4. The summed E-state index contributed by atoms with van der Waals surface area (Å²) in [6.07, 6.45) is 3.68. The lowest BCUT2D eigenvalue weighted by molar-refractivity contribution is -0.132. The van der Waals surface area contributed by atoms with Gasteiger partial charge in [-0.25, -0.2) is 13.4 Å². The van der Waals surface area contributed by atoms with Crippen LogP contribution in [-0.2, 0) is 33.5 Å². The molecule has 3 rings (SSSR count). The van der Waals surface area contributed by atoms with Crippen LogP contribution < -0.4 is 0 Å². The van der Waals surface area contributed by atoms with Gasteiger partial charge in [0.1, 0.15) is 0 Å². The van der Waals surface area contributed by atoms with Crippen molar-refractivity contribution in [2.75, 3.05) is 6.54 Å². The van der Waals surface area contributed by atoms with Crippen molar-refractivity contribution in [1.29, 1.82) is 0 Å². The first-order valence-electron chi connectivity index (χ1n) is 11.5. The molecule has 0 unspecified atom stereocenters. The van der Waals surface area contributed by atoms with E-state index < -0.39 is 9.84 Å². The Kier molecular flexibility index (Phi) is 8.45. The number of nitrogens with zero attached hydrogens (tertiary/aromatic N) is 3. The fourth-order valence-electron chi connectivity index (χ4n) is 3.83. The minimum Gasteiger partial charge on any atom is -0.333 e. The molecule has 0 bridgehead atoms. The van der Waals surface area contributed by atoms with E-state index in [-0.39, 0.29) is 29.3 Å². The molecule has 7 heteroatoms. The third kappa shape index (κ3) is 6.44. The van der Waals surface area contributed by atoms with Crippen LogP contribution in [0.4, 0.5) is 0 Å². The summed E-state index contributed by atoms with van der Waals surface area (Å²) in [5.41, 5.74) is 3.30. The smallest absolute Gasteiger partial charge is 0.228 e.